The van der Waals surface area contributed by atoms with Crippen molar-refractivity contribution in [2.24, 2.45) is 5.73 Å². The van der Waals surface area contributed by atoms with Crippen molar-refractivity contribution < 1.29 is 14.7 Å². The number of carbonyl (C=O) groups excluding carboxylic acids is 1. The average Bonchev–Trinajstić information content (AvgIpc) is 2.01. The van der Waals surface area contributed by atoms with Gasteiger partial charge in [-0.3, -0.25) is 14.5 Å². The maximum atomic E-state index is 10.8. The van der Waals surface area contributed by atoms with Gasteiger partial charge in [-0.1, -0.05) is 0 Å². The minimum absolute atomic E-state index is 0.531. The summed E-state index contributed by atoms with van der Waals surface area (Å²) in [5.41, 5.74) is 3.97. The number of amides is 1. The van der Waals surface area contributed by atoms with Crippen LogP contribution < -0.4 is 5.73 Å². The number of hydrogen-bond acceptors (Lipinski definition) is 3. The van der Waals surface area contributed by atoms with Crippen LogP contribution in [0, 0.1) is 0 Å². The first-order chi connectivity index (χ1) is 5.71. The topological polar surface area (TPSA) is 83.6 Å². The van der Waals surface area contributed by atoms with Gasteiger partial charge in [0.1, 0.15) is 5.54 Å². The summed E-state index contributed by atoms with van der Waals surface area (Å²) in [6.07, 6.45) is 0. The lowest BCUT2D eigenvalue weighted by Gasteiger charge is -2.34. The molecule has 3 N–H and O–H groups in total. The van der Waals surface area contributed by atoms with Crippen LogP contribution in [0.1, 0.15) is 20.8 Å². The van der Waals surface area contributed by atoms with Gasteiger partial charge in [0, 0.05) is 0 Å². The molecular formula is C8H16N2O3. The summed E-state index contributed by atoms with van der Waals surface area (Å²) in [7, 11) is 1.56. The molecule has 0 rings (SSSR count). The highest BCUT2D eigenvalue weighted by Crippen LogP contribution is 2.15. The van der Waals surface area contributed by atoms with E-state index in [9.17, 15) is 9.59 Å². The summed E-state index contributed by atoms with van der Waals surface area (Å²) < 4.78 is 0. The Morgan fingerprint density at radius 3 is 2.08 bits per heavy atom. The summed E-state index contributed by atoms with van der Waals surface area (Å²) in [4.78, 5) is 23.0. The third-order valence-electron chi connectivity index (χ3n) is 2.40. The second-order valence-electron chi connectivity index (χ2n) is 3.55. The maximum Gasteiger partial charge on any atom is 0.323 e. The van der Waals surface area contributed by atoms with Gasteiger partial charge in [-0.15, -0.1) is 0 Å². The lowest BCUT2D eigenvalue weighted by Crippen LogP contribution is -2.55. The van der Waals surface area contributed by atoms with E-state index in [0.717, 1.165) is 0 Å². The molecule has 1 atom stereocenters. The van der Waals surface area contributed by atoms with E-state index in [2.05, 4.69) is 0 Å². The van der Waals surface area contributed by atoms with E-state index in [1.54, 1.807) is 14.0 Å². The molecule has 0 fully saturated rings. The van der Waals surface area contributed by atoms with Gasteiger partial charge in [-0.05, 0) is 27.8 Å². The molecule has 0 radical (unpaired) electrons. The van der Waals surface area contributed by atoms with Crippen molar-refractivity contribution in [3.05, 3.63) is 0 Å². The fraction of sp³-hybridized carbons (Fsp3) is 0.750. The van der Waals surface area contributed by atoms with Crippen LogP contribution in [0.15, 0.2) is 0 Å². The van der Waals surface area contributed by atoms with Crippen LogP contribution in [0.25, 0.3) is 0 Å². The smallest absolute Gasteiger partial charge is 0.323 e. The maximum absolute atomic E-state index is 10.8. The average molecular weight is 188 g/mol. The summed E-state index contributed by atoms with van der Waals surface area (Å²) >= 11 is 0. The zero-order chi connectivity index (χ0) is 10.8. The Bertz CT molecular complexity index is 225. The van der Waals surface area contributed by atoms with E-state index in [-0.39, 0.29) is 0 Å². The minimum Gasteiger partial charge on any atom is -0.480 e. The molecule has 0 aromatic rings. The van der Waals surface area contributed by atoms with Gasteiger partial charge in [-0.2, -0.15) is 0 Å². The van der Waals surface area contributed by atoms with Crippen molar-refractivity contribution in [3.8, 4) is 0 Å². The Morgan fingerprint density at radius 1 is 1.46 bits per heavy atom. The first kappa shape index (κ1) is 11.9. The van der Waals surface area contributed by atoms with Crippen LogP contribution in [0.2, 0.25) is 0 Å². The van der Waals surface area contributed by atoms with Crippen molar-refractivity contribution in [1.29, 1.82) is 0 Å². The molecule has 1 unspecified atom stereocenters. The number of carbonyl (C=O) groups is 2. The van der Waals surface area contributed by atoms with E-state index < -0.39 is 23.5 Å². The molecule has 0 saturated carbocycles. The number of rotatable bonds is 4. The van der Waals surface area contributed by atoms with Crippen molar-refractivity contribution >= 4 is 11.9 Å². The quantitative estimate of drug-likeness (QED) is 0.632. The molecule has 13 heavy (non-hydrogen) atoms. The van der Waals surface area contributed by atoms with Crippen molar-refractivity contribution in [2.45, 2.75) is 32.4 Å². The van der Waals surface area contributed by atoms with Crippen molar-refractivity contribution in [1.82, 2.24) is 4.90 Å². The summed E-state index contributed by atoms with van der Waals surface area (Å²) in [6.45, 7) is 4.62. The Kier molecular flexibility index (Phi) is 3.42. The first-order valence-electron chi connectivity index (χ1n) is 3.97. The van der Waals surface area contributed by atoms with E-state index in [1.807, 2.05) is 0 Å². The van der Waals surface area contributed by atoms with Gasteiger partial charge in [0.05, 0.1) is 6.04 Å². The van der Waals surface area contributed by atoms with Crippen LogP contribution in [0.5, 0.6) is 0 Å². The lowest BCUT2D eigenvalue weighted by molar-refractivity contribution is -0.150. The molecule has 0 spiro atoms. The van der Waals surface area contributed by atoms with Crippen LogP contribution in [-0.4, -0.2) is 40.5 Å². The van der Waals surface area contributed by atoms with Gasteiger partial charge in [-0.25, -0.2) is 0 Å². The fourth-order valence-electron chi connectivity index (χ4n) is 0.826. The molecule has 0 heterocycles. The summed E-state index contributed by atoms with van der Waals surface area (Å²) in [5.74, 6) is -1.51. The minimum atomic E-state index is -1.09. The lowest BCUT2D eigenvalue weighted by atomic mass is 10.0. The Labute approximate surface area is 77.5 Å². The molecule has 0 aromatic heterocycles. The highest BCUT2D eigenvalue weighted by Gasteiger charge is 2.36. The molecule has 0 aliphatic carbocycles. The fourth-order valence-corrected chi connectivity index (χ4v) is 0.826. The Hall–Kier alpha value is -1.10. The van der Waals surface area contributed by atoms with E-state index >= 15 is 0 Å². The largest absolute Gasteiger partial charge is 0.480 e. The molecule has 76 valence electrons. The highest BCUT2D eigenvalue weighted by atomic mass is 16.4. The Balaban J connectivity index is 4.67. The number of carboxylic acid groups (broad SMARTS) is 1. The van der Waals surface area contributed by atoms with Crippen LogP contribution in [0.4, 0.5) is 0 Å². The van der Waals surface area contributed by atoms with Gasteiger partial charge < -0.3 is 10.8 Å². The second kappa shape index (κ2) is 3.74. The van der Waals surface area contributed by atoms with Gasteiger partial charge in [0.2, 0.25) is 5.91 Å². The number of nitrogens with two attached hydrogens (primary N) is 1. The number of likely N-dealkylation sites (N-methyl/N-ethyl adjacent to an activating group) is 1. The van der Waals surface area contributed by atoms with Crippen LogP contribution in [0.3, 0.4) is 0 Å². The molecule has 0 aliphatic rings. The van der Waals surface area contributed by atoms with E-state index in [4.69, 9.17) is 10.8 Å². The van der Waals surface area contributed by atoms with Crippen LogP contribution >= 0.6 is 0 Å². The second-order valence-corrected chi connectivity index (χ2v) is 3.55. The predicted molar refractivity (Wildman–Crippen MR) is 48.1 cm³/mol. The number of aliphatic carboxylic acids is 1. The molecule has 1 amide bonds. The van der Waals surface area contributed by atoms with Crippen molar-refractivity contribution in [3.63, 3.8) is 0 Å². The number of hydrogen-bond donors (Lipinski definition) is 2. The van der Waals surface area contributed by atoms with Gasteiger partial charge in [0.15, 0.2) is 0 Å². The monoisotopic (exact) mass is 188 g/mol. The molecule has 0 bridgehead atoms. The normalized spacial score (nSPS) is 14.2. The van der Waals surface area contributed by atoms with E-state index in [1.165, 1.54) is 18.7 Å². The SMILES string of the molecule is CC(C(N)=O)N(C)C(C)(C)C(=O)O. The number of primary amides is 1. The molecule has 0 saturated heterocycles. The van der Waals surface area contributed by atoms with Gasteiger partial charge in [0.25, 0.3) is 0 Å². The van der Waals surface area contributed by atoms with Crippen LogP contribution in [-0.2, 0) is 9.59 Å². The van der Waals surface area contributed by atoms with Gasteiger partial charge >= 0.3 is 5.97 Å². The summed E-state index contributed by atoms with van der Waals surface area (Å²) in [5, 5.41) is 8.85. The van der Waals surface area contributed by atoms with E-state index in [0.29, 0.717) is 0 Å². The zero-order valence-electron chi connectivity index (χ0n) is 8.37. The third kappa shape index (κ3) is 2.42. The summed E-state index contributed by atoms with van der Waals surface area (Å²) in [6, 6.07) is -0.592. The third-order valence-corrected chi connectivity index (χ3v) is 2.40. The molecule has 5 heteroatoms. The predicted octanol–water partition coefficient (Wildman–Crippen LogP) is -0.345. The molecular weight excluding hydrogens is 172 g/mol. The molecule has 0 aromatic carbocycles. The molecule has 0 aliphatic heterocycles. The molecule has 5 nitrogen and oxygen atoms in total. The number of nitrogens with zero attached hydrogens (tertiary/aromatic N) is 1. The first-order valence-corrected chi connectivity index (χ1v) is 3.97. The number of carboxylic acids is 1. The van der Waals surface area contributed by atoms with Crippen molar-refractivity contribution in [2.75, 3.05) is 7.05 Å². The zero-order valence-corrected chi connectivity index (χ0v) is 8.37. The standard InChI is InChI=1S/C8H16N2O3/c1-5(6(9)11)10(4)8(2,3)7(12)13/h5H,1-4H3,(H2,9,11)(H,12,13). The highest BCUT2D eigenvalue weighted by molar-refractivity contribution is 5.82. The Morgan fingerprint density at radius 2 is 1.85 bits per heavy atom.